The minimum Gasteiger partial charge on any atom is -0.322 e. The molecule has 1 aromatic rings. The van der Waals surface area contributed by atoms with Gasteiger partial charge < -0.3 is 5.73 Å². The van der Waals surface area contributed by atoms with E-state index in [0.29, 0.717) is 5.92 Å². The van der Waals surface area contributed by atoms with E-state index in [1.165, 1.54) is 25.7 Å². The average Bonchev–Trinajstić information content (AvgIpc) is 2.70. The summed E-state index contributed by atoms with van der Waals surface area (Å²) in [4.78, 5) is 4.52. The molecule has 1 saturated carbocycles. The van der Waals surface area contributed by atoms with Gasteiger partial charge in [0.05, 0.1) is 6.04 Å². The van der Waals surface area contributed by atoms with Crippen LogP contribution in [0.15, 0.2) is 0 Å². The van der Waals surface area contributed by atoms with Crippen molar-refractivity contribution in [3.8, 4) is 0 Å². The van der Waals surface area contributed by atoms with Crippen LogP contribution in [0.1, 0.15) is 56.2 Å². The van der Waals surface area contributed by atoms with E-state index in [2.05, 4.69) is 10.1 Å². The van der Waals surface area contributed by atoms with Crippen LogP contribution in [0, 0.1) is 0 Å². The lowest BCUT2D eigenvalue weighted by atomic mass is 10.1. The van der Waals surface area contributed by atoms with Gasteiger partial charge in [-0.05, 0) is 19.8 Å². The van der Waals surface area contributed by atoms with Crippen molar-refractivity contribution in [2.24, 2.45) is 12.8 Å². The van der Waals surface area contributed by atoms with E-state index in [1.807, 2.05) is 18.7 Å². The van der Waals surface area contributed by atoms with Crippen LogP contribution >= 0.6 is 0 Å². The third-order valence-electron chi connectivity index (χ3n) is 2.94. The Balaban J connectivity index is 2.22. The monoisotopic (exact) mass is 194 g/mol. The van der Waals surface area contributed by atoms with Crippen LogP contribution in [0.4, 0.5) is 0 Å². The summed E-state index contributed by atoms with van der Waals surface area (Å²) in [6, 6.07) is -0.0253. The molecule has 0 amide bonds. The Bertz CT molecular complexity index is 310. The molecule has 14 heavy (non-hydrogen) atoms. The number of rotatable bonds is 2. The van der Waals surface area contributed by atoms with Crippen molar-refractivity contribution < 1.29 is 0 Å². The van der Waals surface area contributed by atoms with Crippen molar-refractivity contribution in [3.63, 3.8) is 0 Å². The molecule has 1 aromatic heterocycles. The van der Waals surface area contributed by atoms with E-state index >= 15 is 0 Å². The number of aromatic nitrogens is 3. The van der Waals surface area contributed by atoms with Crippen molar-refractivity contribution in [1.29, 1.82) is 0 Å². The maximum Gasteiger partial charge on any atom is 0.154 e. The molecule has 1 aliphatic rings. The molecular weight excluding hydrogens is 176 g/mol. The Kier molecular flexibility index (Phi) is 2.54. The SMILES string of the molecule is CC(N)c1nc(C2CCCC2)nn1C. The van der Waals surface area contributed by atoms with E-state index in [1.54, 1.807) is 0 Å². The largest absolute Gasteiger partial charge is 0.322 e. The Morgan fingerprint density at radius 3 is 2.57 bits per heavy atom. The number of nitrogens with two attached hydrogens (primary N) is 1. The Morgan fingerprint density at radius 2 is 2.07 bits per heavy atom. The highest BCUT2D eigenvalue weighted by Gasteiger charge is 2.22. The van der Waals surface area contributed by atoms with Gasteiger partial charge in [-0.25, -0.2) is 4.98 Å². The summed E-state index contributed by atoms with van der Waals surface area (Å²) >= 11 is 0. The van der Waals surface area contributed by atoms with Crippen LogP contribution < -0.4 is 5.73 Å². The topological polar surface area (TPSA) is 56.7 Å². The highest BCUT2D eigenvalue weighted by molar-refractivity contribution is 5.03. The van der Waals surface area contributed by atoms with Crippen molar-refractivity contribution >= 4 is 0 Å². The molecule has 78 valence electrons. The van der Waals surface area contributed by atoms with E-state index < -0.39 is 0 Å². The van der Waals surface area contributed by atoms with Crippen LogP contribution in [-0.4, -0.2) is 14.8 Å². The van der Waals surface area contributed by atoms with E-state index in [-0.39, 0.29) is 6.04 Å². The highest BCUT2D eigenvalue weighted by atomic mass is 15.3. The van der Waals surface area contributed by atoms with Gasteiger partial charge in [-0.15, -0.1) is 0 Å². The van der Waals surface area contributed by atoms with Gasteiger partial charge in [0.1, 0.15) is 5.82 Å². The zero-order valence-electron chi connectivity index (χ0n) is 8.90. The maximum absolute atomic E-state index is 5.80. The van der Waals surface area contributed by atoms with Crippen LogP contribution in [0.25, 0.3) is 0 Å². The number of aryl methyl sites for hydroxylation is 1. The first-order chi connectivity index (χ1) is 6.68. The molecule has 2 rings (SSSR count). The zero-order chi connectivity index (χ0) is 10.1. The molecule has 1 heterocycles. The maximum atomic E-state index is 5.80. The summed E-state index contributed by atoms with van der Waals surface area (Å²) in [7, 11) is 1.92. The van der Waals surface area contributed by atoms with Gasteiger partial charge in [0.2, 0.25) is 0 Å². The van der Waals surface area contributed by atoms with Crippen LogP contribution in [0.3, 0.4) is 0 Å². The minimum atomic E-state index is -0.0253. The first kappa shape index (κ1) is 9.65. The second kappa shape index (κ2) is 3.69. The van der Waals surface area contributed by atoms with Gasteiger partial charge in [0.25, 0.3) is 0 Å². The first-order valence-electron chi connectivity index (χ1n) is 5.35. The molecule has 4 heteroatoms. The summed E-state index contributed by atoms with van der Waals surface area (Å²) in [5.74, 6) is 2.47. The average molecular weight is 194 g/mol. The second-order valence-electron chi connectivity index (χ2n) is 4.22. The number of nitrogens with zero attached hydrogens (tertiary/aromatic N) is 3. The molecule has 0 aliphatic heterocycles. The predicted octanol–water partition coefficient (Wildman–Crippen LogP) is 1.49. The molecule has 1 fully saturated rings. The molecule has 0 bridgehead atoms. The lowest BCUT2D eigenvalue weighted by Crippen LogP contribution is -2.11. The van der Waals surface area contributed by atoms with E-state index in [0.717, 1.165) is 11.6 Å². The minimum absolute atomic E-state index is 0.0253. The highest BCUT2D eigenvalue weighted by Crippen LogP contribution is 2.32. The quantitative estimate of drug-likeness (QED) is 0.776. The van der Waals surface area contributed by atoms with Gasteiger partial charge >= 0.3 is 0 Å². The molecule has 1 aliphatic carbocycles. The molecular formula is C10H18N4. The molecule has 2 N–H and O–H groups in total. The fourth-order valence-electron chi connectivity index (χ4n) is 2.17. The fourth-order valence-corrected chi connectivity index (χ4v) is 2.17. The Labute approximate surface area is 84.5 Å². The number of hydrogen-bond donors (Lipinski definition) is 1. The summed E-state index contributed by atoms with van der Waals surface area (Å²) in [5, 5.41) is 4.44. The normalized spacial score (nSPS) is 20.2. The van der Waals surface area contributed by atoms with Gasteiger partial charge in [-0.1, -0.05) is 12.8 Å². The molecule has 0 saturated heterocycles. The van der Waals surface area contributed by atoms with E-state index in [4.69, 9.17) is 5.73 Å². The first-order valence-corrected chi connectivity index (χ1v) is 5.35. The Morgan fingerprint density at radius 1 is 1.43 bits per heavy atom. The second-order valence-corrected chi connectivity index (χ2v) is 4.22. The molecule has 0 radical (unpaired) electrons. The Hall–Kier alpha value is -0.900. The molecule has 0 aromatic carbocycles. The zero-order valence-corrected chi connectivity index (χ0v) is 8.90. The number of hydrogen-bond acceptors (Lipinski definition) is 3. The standard InChI is InChI=1S/C10H18N4/c1-7(11)10-12-9(13-14(10)2)8-5-3-4-6-8/h7-8H,3-6,11H2,1-2H3. The summed E-state index contributed by atoms with van der Waals surface area (Å²) in [6.07, 6.45) is 5.11. The van der Waals surface area contributed by atoms with Crippen molar-refractivity contribution in [1.82, 2.24) is 14.8 Å². The lowest BCUT2D eigenvalue weighted by molar-refractivity contribution is 0.625. The fraction of sp³-hybridized carbons (Fsp3) is 0.800. The summed E-state index contributed by atoms with van der Waals surface area (Å²) in [6.45, 7) is 1.95. The lowest BCUT2D eigenvalue weighted by Gasteiger charge is -2.01. The van der Waals surface area contributed by atoms with Crippen LogP contribution in [0.5, 0.6) is 0 Å². The van der Waals surface area contributed by atoms with Crippen LogP contribution in [-0.2, 0) is 7.05 Å². The van der Waals surface area contributed by atoms with Crippen LogP contribution in [0.2, 0.25) is 0 Å². The van der Waals surface area contributed by atoms with Gasteiger partial charge in [-0.3, -0.25) is 4.68 Å². The summed E-state index contributed by atoms with van der Waals surface area (Å²) in [5.41, 5.74) is 5.80. The molecule has 0 spiro atoms. The van der Waals surface area contributed by atoms with Crippen molar-refractivity contribution in [2.75, 3.05) is 0 Å². The summed E-state index contributed by atoms with van der Waals surface area (Å²) < 4.78 is 1.82. The third-order valence-corrected chi connectivity index (χ3v) is 2.94. The van der Waals surface area contributed by atoms with Crippen molar-refractivity contribution in [3.05, 3.63) is 11.6 Å². The molecule has 1 unspecified atom stereocenters. The third kappa shape index (κ3) is 1.66. The molecule has 1 atom stereocenters. The predicted molar refractivity (Wildman–Crippen MR) is 54.8 cm³/mol. The molecule has 4 nitrogen and oxygen atoms in total. The van der Waals surface area contributed by atoms with E-state index in [9.17, 15) is 0 Å². The van der Waals surface area contributed by atoms with Gasteiger partial charge in [0, 0.05) is 13.0 Å². The smallest absolute Gasteiger partial charge is 0.154 e. The van der Waals surface area contributed by atoms with Crippen molar-refractivity contribution in [2.45, 2.75) is 44.6 Å². The van der Waals surface area contributed by atoms with Gasteiger partial charge in [0.15, 0.2) is 5.82 Å². The van der Waals surface area contributed by atoms with Gasteiger partial charge in [-0.2, -0.15) is 5.10 Å².